The number of thiazole rings is 1. The SMILES string of the molecule is CC(=O)c1cccc(NS(=O)(=O)c2ccc(C(=O)Nc3nc(-c4ccccc4O)cs3)cc2)c1. The Morgan fingerprint density at radius 1 is 0.941 bits per heavy atom. The zero-order valence-corrected chi connectivity index (χ0v) is 19.5. The monoisotopic (exact) mass is 493 g/mol. The number of amides is 1. The summed E-state index contributed by atoms with van der Waals surface area (Å²) in [6, 6.07) is 18.4. The molecule has 1 amide bonds. The first kappa shape index (κ1) is 23.1. The summed E-state index contributed by atoms with van der Waals surface area (Å²) in [4.78, 5) is 28.4. The van der Waals surface area contributed by atoms with Gasteiger partial charge in [0, 0.05) is 27.8 Å². The number of sulfonamides is 1. The number of rotatable bonds is 7. The third-order valence-corrected chi connectivity index (χ3v) is 7.01. The Balaban J connectivity index is 1.46. The number of benzene rings is 3. The number of hydrogen-bond acceptors (Lipinski definition) is 7. The number of carbonyl (C=O) groups excluding carboxylic acids is 2. The summed E-state index contributed by atoms with van der Waals surface area (Å²) < 4.78 is 27.8. The highest BCUT2D eigenvalue weighted by Crippen LogP contribution is 2.31. The van der Waals surface area contributed by atoms with Gasteiger partial charge in [-0.3, -0.25) is 19.6 Å². The lowest BCUT2D eigenvalue weighted by molar-refractivity contribution is 0.101. The Morgan fingerprint density at radius 2 is 1.68 bits per heavy atom. The van der Waals surface area contributed by atoms with Crippen molar-refractivity contribution in [3.8, 4) is 17.0 Å². The highest BCUT2D eigenvalue weighted by atomic mass is 32.2. The molecule has 172 valence electrons. The highest BCUT2D eigenvalue weighted by molar-refractivity contribution is 7.92. The number of para-hydroxylation sites is 1. The molecule has 0 fully saturated rings. The lowest BCUT2D eigenvalue weighted by Crippen LogP contribution is -2.15. The molecule has 0 saturated heterocycles. The number of phenols is 1. The molecule has 4 aromatic rings. The van der Waals surface area contributed by atoms with E-state index in [4.69, 9.17) is 0 Å². The molecule has 0 saturated carbocycles. The number of phenolic OH excluding ortho intramolecular Hbond substituents is 1. The molecular weight excluding hydrogens is 474 g/mol. The van der Waals surface area contributed by atoms with Crippen LogP contribution in [0, 0.1) is 0 Å². The fourth-order valence-electron chi connectivity index (χ4n) is 3.12. The number of aromatic hydroxyl groups is 1. The second-order valence-corrected chi connectivity index (χ2v) is 9.82. The molecule has 10 heteroatoms. The molecule has 0 aliphatic carbocycles. The zero-order chi connectivity index (χ0) is 24.3. The maximum absolute atomic E-state index is 12.7. The number of nitrogens with zero attached hydrogens (tertiary/aromatic N) is 1. The summed E-state index contributed by atoms with van der Waals surface area (Å²) in [5.74, 6) is -0.544. The minimum absolute atomic E-state index is 0.0339. The molecule has 0 unspecified atom stereocenters. The zero-order valence-electron chi connectivity index (χ0n) is 17.8. The van der Waals surface area contributed by atoms with Crippen molar-refractivity contribution in [3.63, 3.8) is 0 Å². The van der Waals surface area contributed by atoms with Gasteiger partial charge in [-0.25, -0.2) is 13.4 Å². The van der Waals surface area contributed by atoms with E-state index in [9.17, 15) is 23.1 Å². The predicted octanol–water partition coefficient (Wildman–Crippen LogP) is 4.77. The third kappa shape index (κ3) is 5.13. The summed E-state index contributed by atoms with van der Waals surface area (Å²) in [6.45, 7) is 1.40. The molecule has 3 N–H and O–H groups in total. The standard InChI is InChI=1S/C24H19N3O5S2/c1-15(28)17-5-4-6-18(13-17)27-34(31,32)19-11-9-16(10-12-19)23(30)26-24-25-21(14-33-24)20-7-2-3-8-22(20)29/h2-14,27,29H,1H3,(H,25,26,30). The second kappa shape index (κ2) is 9.46. The van der Waals surface area contributed by atoms with E-state index < -0.39 is 15.9 Å². The smallest absolute Gasteiger partial charge is 0.261 e. The van der Waals surface area contributed by atoms with Gasteiger partial charge in [0.15, 0.2) is 10.9 Å². The van der Waals surface area contributed by atoms with Crippen molar-refractivity contribution in [2.45, 2.75) is 11.8 Å². The van der Waals surface area contributed by atoms with E-state index in [-0.39, 0.29) is 27.7 Å². The number of nitrogens with one attached hydrogen (secondary N) is 2. The molecule has 1 aromatic heterocycles. The van der Waals surface area contributed by atoms with Crippen molar-refractivity contribution >= 4 is 43.9 Å². The summed E-state index contributed by atoms with van der Waals surface area (Å²) in [7, 11) is -3.92. The molecule has 0 atom stereocenters. The largest absolute Gasteiger partial charge is 0.507 e. The molecule has 34 heavy (non-hydrogen) atoms. The fourth-order valence-corrected chi connectivity index (χ4v) is 4.87. The molecule has 0 radical (unpaired) electrons. The van der Waals surface area contributed by atoms with Crippen molar-refractivity contribution in [2.24, 2.45) is 0 Å². The number of hydrogen-bond donors (Lipinski definition) is 3. The van der Waals surface area contributed by atoms with Crippen LogP contribution in [0.5, 0.6) is 5.75 Å². The summed E-state index contributed by atoms with van der Waals surface area (Å²) >= 11 is 1.20. The van der Waals surface area contributed by atoms with Gasteiger partial charge in [-0.15, -0.1) is 11.3 Å². The van der Waals surface area contributed by atoms with Crippen LogP contribution in [0.2, 0.25) is 0 Å². The summed E-state index contributed by atoms with van der Waals surface area (Å²) in [6.07, 6.45) is 0. The number of ketones is 1. The fraction of sp³-hybridized carbons (Fsp3) is 0.0417. The topological polar surface area (TPSA) is 125 Å². The van der Waals surface area contributed by atoms with Gasteiger partial charge >= 0.3 is 0 Å². The lowest BCUT2D eigenvalue weighted by Gasteiger charge is -2.09. The minimum Gasteiger partial charge on any atom is -0.507 e. The van der Waals surface area contributed by atoms with E-state index >= 15 is 0 Å². The van der Waals surface area contributed by atoms with Gasteiger partial charge in [-0.2, -0.15) is 0 Å². The molecule has 0 aliphatic heterocycles. The first-order chi connectivity index (χ1) is 16.2. The Labute approximate surface area is 200 Å². The van der Waals surface area contributed by atoms with E-state index in [1.54, 1.807) is 47.8 Å². The molecule has 0 aliphatic rings. The van der Waals surface area contributed by atoms with Crippen LogP contribution in [0.15, 0.2) is 83.1 Å². The molecule has 0 bridgehead atoms. The van der Waals surface area contributed by atoms with Crippen molar-refractivity contribution in [2.75, 3.05) is 10.0 Å². The average molecular weight is 494 g/mol. The van der Waals surface area contributed by atoms with Gasteiger partial charge in [0.2, 0.25) is 0 Å². The van der Waals surface area contributed by atoms with E-state index in [2.05, 4.69) is 15.0 Å². The third-order valence-electron chi connectivity index (χ3n) is 4.85. The Morgan fingerprint density at radius 3 is 2.38 bits per heavy atom. The first-order valence-corrected chi connectivity index (χ1v) is 12.4. The lowest BCUT2D eigenvalue weighted by atomic mass is 10.1. The van der Waals surface area contributed by atoms with Crippen molar-refractivity contribution in [1.29, 1.82) is 0 Å². The molecule has 0 spiro atoms. The van der Waals surface area contributed by atoms with Crippen molar-refractivity contribution in [3.05, 3.63) is 89.3 Å². The number of Topliss-reactive ketones (excluding diaryl/α,β-unsaturated/α-hetero) is 1. The van der Waals surface area contributed by atoms with Gasteiger partial charge in [0.25, 0.3) is 15.9 Å². The van der Waals surface area contributed by atoms with Crippen LogP contribution in [0.4, 0.5) is 10.8 Å². The van der Waals surface area contributed by atoms with Crippen LogP contribution in [-0.4, -0.2) is 30.2 Å². The van der Waals surface area contributed by atoms with Crippen LogP contribution < -0.4 is 10.0 Å². The quantitative estimate of drug-likeness (QED) is 0.319. The van der Waals surface area contributed by atoms with E-state index in [1.807, 2.05) is 0 Å². The number of anilines is 2. The number of carbonyl (C=O) groups is 2. The van der Waals surface area contributed by atoms with Crippen LogP contribution in [0.3, 0.4) is 0 Å². The Bertz CT molecular complexity index is 1480. The molecule has 3 aromatic carbocycles. The Hall–Kier alpha value is -4.02. The van der Waals surface area contributed by atoms with Crippen molar-refractivity contribution in [1.82, 2.24) is 4.98 Å². The maximum atomic E-state index is 12.7. The molecule has 1 heterocycles. The van der Waals surface area contributed by atoms with Crippen LogP contribution in [0.1, 0.15) is 27.6 Å². The molecular formula is C24H19N3O5S2. The second-order valence-electron chi connectivity index (χ2n) is 7.28. The number of aromatic nitrogens is 1. The molecule has 4 rings (SSSR count). The van der Waals surface area contributed by atoms with Gasteiger partial charge < -0.3 is 5.11 Å². The Kier molecular flexibility index (Phi) is 6.44. The summed E-state index contributed by atoms with van der Waals surface area (Å²) in [5.41, 5.74) is 1.98. The van der Waals surface area contributed by atoms with Crippen molar-refractivity contribution < 1.29 is 23.1 Å². The van der Waals surface area contributed by atoms with E-state index in [0.717, 1.165) is 0 Å². The maximum Gasteiger partial charge on any atom is 0.261 e. The van der Waals surface area contributed by atoms with Gasteiger partial charge in [-0.05, 0) is 55.5 Å². The van der Waals surface area contributed by atoms with E-state index in [0.29, 0.717) is 22.0 Å². The summed E-state index contributed by atoms with van der Waals surface area (Å²) in [5, 5.41) is 14.7. The molecule has 8 nitrogen and oxygen atoms in total. The predicted molar refractivity (Wildman–Crippen MR) is 131 cm³/mol. The van der Waals surface area contributed by atoms with Gasteiger partial charge in [0.05, 0.1) is 10.6 Å². The normalized spacial score (nSPS) is 11.1. The van der Waals surface area contributed by atoms with Crippen LogP contribution in [0.25, 0.3) is 11.3 Å². The van der Waals surface area contributed by atoms with E-state index in [1.165, 1.54) is 48.6 Å². The van der Waals surface area contributed by atoms with Crippen LogP contribution in [-0.2, 0) is 10.0 Å². The first-order valence-electron chi connectivity index (χ1n) is 10.0. The average Bonchev–Trinajstić information content (AvgIpc) is 3.27. The van der Waals surface area contributed by atoms with Gasteiger partial charge in [0.1, 0.15) is 5.75 Å². The minimum atomic E-state index is -3.92. The van der Waals surface area contributed by atoms with Crippen LogP contribution >= 0.6 is 11.3 Å². The highest BCUT2D eigenvalue weighted by Gasteiger charge is 2.17. The van der Waals surface area contributed by atoms with Gasteiger partial charge in [-0.1, -0.05) is 24.3 Å².